The molecule has 4 N–H and O–H groups in total. The Morgan fingerprint density at radius 2 is 2.12 bits per heavy atom. The van der Waals surface area contributed by atoms with Crippen molar-refractivity contribution < 1.29 is 32.6 Å². The molecule has 33 heavy (non-hydrogen) atoms. The molecule has 0 unspecified atom stereocenters. The zero-order chi connectivity index (χ0) is 24.4. The molecule has 10 nitrogen and oxygen atoms in total. The van der Waals surface area contributed by atoms with Gasteiger partial charge in [0.15, 0.2) is 5.17 Å². The number of fused-ring (bicyclic) bond motifs is 1. The molecule has 1 fully saturated rings. The number of carboxylic acid groups (broad SMARTS) is 1. The largest absolute Gasteiger partial charge is 0.490 e. The van der Waals surface area contributed by atoms with Crippen LogP contribution in [0.5, 0.6) is 0 Å². The van der Waals surface area contributed by atoms with Crippen LogP contribution in [0.2, 0.25) is 0 Å². The number of halogens is 3. The SMILES string of the molecule is C[C@H]1C[C@H]2CSC(N)=N[C@@]2(c2nc(NC(=O)c3cn(C)cn3)cs2)CO1.O=C(O)C(F)(F)F. The van der Waals surface area contributed by atoms with Crippen LogP contribution >= 0.6 is 23.1 Å². The molecule has 4 rings (SSSR count). The molecule has 180 valence electrons. The lowest BCUT2D eigenvalue weighted by Crippen LogP contribution is -2.49. The Hall–Kier alpha value is -2.65. The molecule has 0 spiro atoms. The standard InChI is InChI=1S/C16H20N6O2S2.C2HF3O2/c1-9-3-10-5-26-15(17)21-16(10,7-24-9)14-20-12(6-25-14)19-13(23)11-4-22(2)8-18-11;3-2(4,5)1(6)7/h4,6,8-10H,3,5,7H2,1-2H3,(H2,17,21)(H,19,23);(H,6,7)/t9-,10-,16-;/m0./s1. The number of aromatic nitrogens is 3. The van der Waals surface area contributed by atoms with Gasteiger partial charge in [-0.2, -0.15) is 13.2 Å². The highest BCUT2D eigenvalue weighted by molar-refractivity contribution is 8.13. The topological polar surface area (TPSA) is 145 Å². The van der Waals surface area contributed by atoms with E-state index in [1.165, 1.54) is 11.3 Å². The van der Waals surface area contributed by atoms with Crippen molar-refractivity contribution in [3.8, 4) is 0 Å². The second kappa shape index (κ2) is 9.69. The molecular weight excluding hydrogens is 485 g/mol. The van der Waals surface area contributed by atoms with Gasteiger partial charge in [0, 0.05) is 30.3 Å². The van der Waals surface area contributed by atoms with Crippen LogP contribution in [0.15, 0.2) is 22.9 Å². The number of nitrogens with one attached hydrogen (secondary N) is 1. The highest BCUT2D eigenvalue weighted by atomic mass is 32.2. The number of nitrogens with two attached hydrogens (primary N) is 1. The first kappa shape index (κ1) is 25.0. The zero-order valence-electron chi connectivity index (χ0n) is 17.5. The van der Waals surface area contributed by atoms with Crippen LogP contribution < -0.4 is 11.1 Å². The lowest BCUT2D eigenvalue weighted by atomic mass is 9.80. The number of imidazole rings is 1. The molecule has 2 aromatic rings. The number of anilines is 1. The Morgan fingerprint density at radius 1 is 1.42 bits per heavy atom. The van der Waals surface area contributed by atoms with Crippen molar-refractivity contribution in [2.45, 2.75) is 31.2 Å². The van der Waals surface area contributed by atoms with Crippen LogP contribution in [0.25, 0.3) is 0 Å². The summed E-state index contributed by atoms with van der Waals surface area (Å²) in [5.74, 6) is -1.33. The molecule has 2 aliphatic heterocycles. The number of carboxylic acids is 1. The van der Waals surface area contributed by atoms with Gasteiger partial charge in [0.05, 0.1) is 19.0 Å². The molecule has 0 saturated carbocycles. The van der Waals surface area contributed by atoms with Gasteiger partial charge in [-0.15, -0.1) is 11.3 Å². The minimum absolute atomic E-state index is 0.200. The number of amides is 1. The van der Waals surface area contributed by atoms with Crippen molar-refractivity contribution in [1.82, 2.24) is 14.5 Å². The fraction of sp³-hybridized carbons (Fsp3) is 0.500. The second-order valence-corrected chi connectivity index (χ2v) is 9.36. The smallest absolute Gasteiger partial charge is 0.475 e. The molecule has 0 radical (unpaired) electrons. The fourth-order valence-corrected chi connectivity index (χ4v) is 5.29. The molecule has 1 saturated heterocycles. The molecule has 4 heterocycles. The van der Waals surface area contributed by atoms with Gasteiger partial charge < -0.3 is 25.5 Å². The van der Waals surface area contributed by atoms with Crippen molar-refractivity contribution in [2.75, 3.05) is 17.7 Å². The number of aliphatic imine (C=N–C) groups is 1. The van der Waals surface area contributed by atoms with Gasteiger partial charge >= 0.3 is 12.1 Å². The number of thioether (sulfide) groups is 1. The van der Waals surface area contributed by atoms with E-state index < -0.39 is 17.7 Å². The number of thiazole rings is 1. The summed E-state index contributed by atoms with van der Waals surface area (Å²) in [6.45, 7) is 2.54. The first-order chi connectivity index (χ1) is 15.4. The summed E-state index contributed by atoms with van der Waals surface area (Å²) < 4.78 is 39.4. The van der Waals surface area contributed by atoms with E-state index in [2.05, 4.69) is 22.2 Å². The zero-order valence-corrected chi connectivity index (χ0v) is 19.1. The molecule has 0 aliphatic carbocycles. The predicted molar refractivity (Wildman–Crippen MR) is 116 cm³/mol. The molecule has 0 bridgehead atoms. The summed E-state index contributed by atoms with van der Waals surface area (Å²) >= 11 is 3.06. The number of hydrogen-bond acceptors (Lipinski definition) is 9. The van der Waals surface area contributed by atoms with E-state index in [0.717, 1.165) is 17.2 Å². The third kappa shape index (κ3) is 5.83. The summed E-state index contributed by atoms with van der Waals surface area (Å²) in [6, 6.07) is 0. The first-order valence-electron chi connectivity index (χ1n) is 9.56. The van der Waals surface area contributed by atoms with E-state index >= 15 is 0 Å². The lowest BCUT2D eigenvalue weighted by molar-refractivity contribution is -0.192. The normalized spacial score (nSPS) is 24.7. The Kier molecular flexibility index (Phi) is 7.33. The minimum Gasteiger partial charge on any atom is -0.475 e. The Balaban J connectivity index is 0.000000383. The van der Waals surface area contributed by atoms with E-state index in [9.17, 15) is 18.0 Å². The number of alkyl halides is 3. The van der Waals surface area contributed by atoms with Crippen LogP contribution in [-0.2, 0) is 22.1 Å². The predicted octanol–water partition coefficient (Wildman–Crippen LogP) is 2.44. The molecular formula is C18H21F3N6O4S2. The Morgan fingerprint density at radius 3 is 2.73 bits per heavy atom. The molecule has 15 heteroatoms. The third-order valence-electron chi connectivity index (χ3n) is 4.92. The second-order valence-electron chi connectivity index (χ2n) is 7.46. The van der Waals surface area contributed by atoms with E-state index in [1.807, 2.05) is 12.4 Å². The summed E-state index contributed by atoms with van der Waals surface area (Å²) in [7, 11) is 1.82. The van der Waals surface area contributed by atoms with Crippen LogP contribution in [0, 0.1) is 5.92 Å². The van der Waals surface area contributed by atoms with Crippen LogP contribution in [0.3, 0.4) is 0 Å². The van der Waals surface area contributed by atoms with E-state index in [-0.39, 0.29) is 12.0 Å². The number of carbonyl (C=O) groups is 2. The van der Waals surface area contributed by atoms with Gasteiger partial charge in [-0.3, -0.25) is 4.79 Å². The van der Waals surface area contributed by atoms with Crippen LogP contribution in [0.1, 0.15) is 28.8 Å². The van der Waals surface area contributed by atoms with Gasteiger partial charge in [-0.05, 0) is 13.3 Å². The number of hydrogen-bond donors (Lipinski definition) is 3. The van der Waals surface area contributed by atoms with Crippen LogP contribution in [0.4, 0.5) is 19.0 Å². The maximum absolute atomic E-state index is 12.3. The number of aliphatic carboxylic acids is 1. The monoisotopic (exact) mass is 506 g/mol. The highest BCUT2D eigenvalue weighted by Crippen LogP contribution is 2.47. The van der Waals surface area contributed by atoms with Gasteiger partial charge in [0.2, 0.25) is 0 Å². The maximum Gasteiger partial charge on any atom is 0.490 e. The van der Waals surface area contributed by atoms with Crippen molar-refractivity contribution in [1.29, 1.82) is 0 Å². The fourth-order valence-electron chi connectivity index (χ4n) is 3.32. The van der Waals surface area contributed by atoms with Crippen molar-refractivity contribution >= 4 is 46.0 Å². The van der Waals surface area contributed by atoms with Crippen molar-refractivity contribution in [3.63, 3.8) is 0 Å². The van der Waals surface area contributed by atoms with E-state index in [4.69, 9.17) is 25.4 Å². The summed E-state index contributed by atoms with van der Waals surface area (Å²) in [5, 5.41) is 13.1. The number of rotatable bonds is 3. The molecule has 1 amide bonds. The molecule has 2 aromatic heterocycles. The Labute approximate surface area is 194 Å². The summed E-state index contributed by atoms with van der Waals surface area (Å²) in [4.78, 5) is 34.6. The first-order valence-corrected chi connectivity index (χ1v) is 11.4. The quantitative estimate of drug-likeness (QED) is 0.576. The van der Waals surface area contributed by atoms with Gasteiger partial charge in [-0.25, -0.2) is 19.8 Å². The van der Waals surface area contributed by atoms with Gasteiger partial charge in [0.25, 0.3) is 5.91 Å². The molecule has 3 atom stereocenters. The van der Waals surface area contributed by atoms with E-state index in [0.29, 0.717) is 29.2 Å². The number of ether oxygens (including phenoxy) is 1. The average molecular weight is 507 g/mol. The summed E-state index contributed by atoms with van der Waals surface area (Å²) in [5.41, 5.74) is 5.81. The maximum atomic E-state index is 12.3. The van der Waals surface area contributed by atoms with Crippen LogP contribution in [-0.4, -0.2) is 61.3 Å². The van der Waals surface area contributed by atoms with Gasteiger partial charge in [-0.1, -0.05) is 11.8 Å². The summed E-state index contributed by atoms with van der Waals surface area (Å²) in [6.07, 6.45) is -0.717. The highest BCUT2D eigenvalue weighted by Gasteiger charge is 2.49. The third-order valence-corrected chi connectivity index (χ3v) is 6.88. The lowest BCUT2D eigenvalue weighted by Gasteiger charge is -2.44. The molecule has 2 aliphatic rings. The Bertz CT molecular complexity index is 1060. The van der Waals surface area contributed by atoms with Gasteiger partial charge in [0.1, 0.15) is 22.1 Å². The van der Waals surface area contributed by atoms with E-state index in [1.54, 1.807) is 28.9 Å². The minimum atomic E-state index is -5.08. The van der Waals surface area contributed by atoms with Crippen molar-refractivity contribution in [3.05, 3.63) is 28.6 Å². The number of carbonyl (C=O) groups excluding carboxylic acids is 1. The molecule has 0 aromatic carbocycles. The average Bonchev–Trinajstić information content (AvgIpc) is 3.37. The number of amidine groups is 1. The number of nitrogens with zero attached hydrogens (tertiary/aromatic N) is 4. The van der Waals surface area contributed by atoms with Crippen molar-refractivity contribution in [2.24, 2.45) is 23.7 Å². The number of aryl methyl sites for hydroxylation is 1.